The van der Waals surface area contributed by atoms with E-state index in [2.05, 4.69) is 5.32 Å². The minimum atomic E-state index is -1.16. The van der Waals surface area contributed by atoms with Crippen LogP contribution in [0.5, 0.6) is 5.75 Å². The normalized spacial score (nSPS) is 9.39. The van der Waals surface area contributed by atoms with E-state index in [0.29, 0.717) is 0 Å². The van der Waals surface area contributed by atoms with Gasteiger partial charge < -0.3 is 15.2 Å². The maximum absolute atomic E-state index is 11.2. The largest absolute Gasteiger partial charge is 0.483 e. The molecule has 0 atom stereocenters. The number of carbonyl (C=O) groups excluding carboxylic acids is 2. The molecule has 0 aliphatic heterocycles. The van der Waals surface area contributed by atoms with Gasteiger partial charge in [-0.1, -0.05) is 12.1 Å². The fourth-order valence-electron chi connectivity index (χ4n) is 1.14. The van der Waals surface area contributed by atoms with E-state index in [9.17, 15) is 14.4 Å². The van der Waals surface area contributed by atoms with E-state index in [1.807, 2.05) is 5.32 Å². The summed E-state index contributed by atoms with van der Waals surface area (Å²) >= 11 is 0. The van der Waals surface area contributed by atoms with Crippen LogP contribution in [0.3, 0.4) is 0 Å². The van der Waals surface area contributed by atoms with Gasteiger partial charge in [0.2, 0.25) is 0 Å². The van der Waals surface area contributed by atoms with Crippen LogP contribution in [0, 0.1) is 0 Å². The molecule has 0 radical (unpaired) electrons. The highest BCUT2D eigenvalue weighted by atomic mass is 16.5. The average Bonchev–Trinajstić information content (AvgIpc) is 2.36. The Kier molecular flexibility index (Phi) is 4.67. The smallest absolute Gasteiger partial charge is 0.339 e. The molecule has 0 unspecified atom stereocenters. The number of benzene rings is 1. The molecule has 0 aliphatic carbocycles. The molecular weight excluding hydrogens is 240 g/mol. The second kappa shape index (κ2) is 6.24. The number of ether oxygens (including phenoxy) is 1. The summed E-state index contributed by atoms with van der Waals surface area (Å²) in [6.45, 7) is -0.447. The van der Waals surface area contributed by atoms with Gasteiger partial charge in [0.05, 0.1) is 0 Å². The maximum Gasteiger partial charge on any atom is 0.339 e. The Morgan fingerprint density at radius 3 is 2.56 bits per heavy atom. The van der Waals surface area contributed by atoms with E-state index in [1.165, 1.54) is 19.2 Å². The second-order valence-electron chi connectivity index (χ2n) is 3.22. The molecule has 3 amide bonds. The van der Waals surface area contributed by atoms with Gasteiger partial charge in [0.1, 0.15) is 11.3 Å². The molecule has 0 fully saturated rings. The predicted molar refractivity (Wildman–Crippen MR) is 61.5 cm³/mol. The SMILES string of the molecule is CNC(=O)NC(=O)COc1ccccc1C(=O)O. The lowest BCUT2D eigenvalue weighted by Gasteiger charge is -2.08. The maximum atomic E-state index is 11.2. The van der Waals surface area contributed by atoms with E-state index in [-0.39, 0.29) is 11.3 Å². The molecule has 0 aromatic heterocycles. The van der Waals surface area contributed by atoms with Gasteiger partial charge in [0.25, 0.3) is 5.91 Å². The minimum absolute atomic E-state index is 0.0507. The summed E-state index contributed by atoms with van der Waals surface area (Å²) in [6.07, 6.45) is 0. The standard InChI is InChI=1S/C11H12N2O5/c1-12-11(17)13-9(14)6-18-8-5-3-2-4-7(8)10(15)16/h2-5H,6H2,1H3,(H,15,16)(H2,12,13,14,17). The topological polar surface area (TPSA) is 105 Å². The molecular formula is C11H12N2O5. The molecule has 18 heavy (non-hydrogen) atoms. The minimum Gasteiger partial charge on any atom is -0.483 e. The van der Waals surface area contributed by atoms with Crippen LogP contribution >= 0.6 is 0 Å². The Balaban J connectivity index is 2.61. The van der Waals surface area contributed by atoms with Crippen molar-refractivity contribution in [2.45, 2.75) is 0 Å². The Hall–Kier alpha value is -2.57. The summed E-state index contributed by atoms with van der Waals surface area (Å²) in [5.41, 5.74) is -0.0507. The molecule has 1 aromatic rings. The zero-order valence-corrected chi connectivity index (χ0v) is 9.60. The highest BCUT2D eigenvalue weighted by Gasteiger charge is 2.12. The average molecular weight is 252 g/mol. The number of aromatic carboxylic acids is 1. The van der Waals surface area contributed by atoms with Crippen molar-refractivity contribution < 1.29 is 24.2 Å². The Bertz CT molecular complexity index is 472. The molecule has 0 aliphatic rings. The van der Waals surface area contributed by atoms with Crippen molar-refractivity contribution >= 4 is 17.9 Å². The highest BCUT2D eigenvalue weighted by molar-refractivity contribution is 5.95. The van der Waals surface area contributed by atoms with Gasteiger partial charge in [0, 0.05) is 7.05 Å². The number of hydrogen-bond acceptors (Lipinski definition) is 4. The number of amides is 3. The third-order valence-electron chi connectivity index (χ3n) is 1.96. The van der Waals surface area contributed by atoms with Crippen LogP contribution in [-0.4, -0.2) is 36.7 Å². The molecule has 3 N–H and O–H groups in total. The number of carbonyl (C=O) groups is 3. The summed E-state index contributed by atoms with van der Waals surface area (Å²) < 4.78 is 5.03. The molecule has 96 valence electrons. The van der Waals surface area contributed by atoms with Crippen molar-refractivity contribution in [3.8, 4) is 5.75 Å². The summed E-state index contributed by atoms with van der Waals surface area (Å²) in [7, 11) is 1.36. The third kappa shape index (κ3) is 3.78. The molecule has 0 bridgehead atoms. The molecule has 0 heterocycles. The zero-order valence-electron chi connectivity index (χ0n) is 9.60. The number of carboxylic acids is 1. The fourth-order valence-corrected chi connectivity index (χ4v) is 1.14. The van der Waals surface area contributed by atoms with E-state index in [4.69, 9.17) is 9.84 Å². The van der Waals surface area contributed by atoms with Gasteiger partial charge in [-0.25, -0.2) is 9.59 Å². The van der Waals surface area contributed by atoms with Crippen molar-refractivity contribution in [2.24, 2.45) is 0 Å². The summed E-state index contributed by atoms with van der Waals surface area (Å²) in [4.78, 5) is 32.9. The van der Waals surface area contributed by atoms with E-state index in [1.54, 1.807) is 12.1 Å². The number of rotatable bonds is 4. The van der Waals surface area contributed by atoms with Gasteiger partial charge in [-0.05, 0) is 12.1 Å². The van der Waals surface area contributed by atoms with Crippen molar-refractivity contribution in [2.75, 3.05) is 13.7 Å². The first-order valence-corrected chi connectivity index (χ1v) is 5.01. The molecule has 0 spiro atoms. The molecule has 1 rings (SSSR count). The van der Waals surface area contributed by atoms with Crippen molar-refractivity contribution in [1.82, 2.24) is 10.6 Å². The number of imide groups is 1. The first-order valence-electron chi connectivity index (χ1n) is 5.01. The summed E-state index contributed by atoms with van der Waals surface area (Å²) in [5.74, 6) is -1.76. The Morgan fingerprint density at radius 1 is 1.28 bits per heavy atom. The lowest BCUT2D eigenvalue weighted by Crippen LogP contribution is -2.40. The van der Waals surface area contributed by atoms with Crippen LogP contribution in [-0.2, 0) is 4.79 Å². The second-order valence-corrected chi connectivity index (χ2v) is 3.22. The number of nitrogens with one attached hydrogen (secondary N) is 2. The first-order chi connectivity index (χ1) is 8.54. The highest BCUT2D eigenvalue weighted by Crippen LogP contribution is 2.17. The van der Waals surface area contributed by atoms with Crippen molar-refractivity contribution in [3.05, 3.63) is 29.8 Å². The van der Waals surface area contributed by atoms with Crippen LogP contribution in [0.2, 0.25) is 0 Å². The van der Waals surface area contributed by atoms with Crippen molar-refractivity contribution in [1.29, 1.82) is 0 Å². The molecule has 0 saturated heterocycles. The summed E-state index contributed by atoms with van der Waals surface area (Å²) in [5, 5.41) is 13.1. The number of carboxylic acid groups (broad SMARTS) is 1. The van der Waals surface area contributed by atoms with Crippen LogP contribution in [0.15, 0.2) is 24.3 Å². The van der Waals surface area contributed by atoms with E-state index < -0.39 is 24.5 Å². The van der Waals surface area contributed by atoms with Crippen LogP contribution in [0.4, 0.5) is 4.79 Å². The number of urea groups is 1. The van der Waals surface area contributed by atoms with Gasteiger partial charge in [0.15, 0.2) is 6.61 Å². The lowest BCUT2D eigenvalue weighted by molar-refractivity contribution is -0.122. The lowest BCUT2D eigenvalue weighted by atomic mass is 10.2. The third-order valence-corrected chi connectivity index (χ3v) is 1.96. The van der Waals surface area contributed by atoms with Gasteiger partial charge in [-0.2, -0.15) is 0 Å². The molecule has 0 saturated carbocycles. The number of para-hydroxylation sites is 1. The molecule has 7 heteroatoms. The molecule has 7 nitrogen and oxygen atoms in total. The number of hydrogen-bond donors (Lipinski definition) is 3. The fraction of sp³-hybridized carbons (Fsp3) is 0.182. The van der Waals surface area contributed by atoms with E-state index in [0.717, 1.165) is 0 Å². The molecule has 1 aromatic carbocycles. The quantitative estimate of drug-likeness (QED) is 0.711. The Morgan fingerprint density at radius 2 is 1.94 bits per heavy atom. The monoisotopic (exact) mass is 252 g/mol. The van der Waals surface area contributed by atoms with Gasteiger partial charge in [-0.3, -0.25) is 10.1 Å². The van der Waals surface area contributed by atoms with Gasteiger partial charge in [-0.15, -0.1) is 0 Å². The zero-order chi connectivity index (χ0) is 13.5. The van der Waals surface area contributed by atoms with Crippen LogP contribution < -0.4 is 15.4 Å². The first kappa shape index (κ1) is 13.5. The predicted octanol–water partition coefficient (Wildman–Crippen LogP) is 0.219. The van der Waals surface area contributed by atoms with Crippen LogP contribution in [0.1, 0.15) is 10.4 Å². The van der Waals surface area contributed by atoms with Crippen molar-refractivity contribution in [3.63, 3.8) is 0 Å². The Labute approximate surface area is 103 Å². The van der Waals surface area contributed by atoms with Gasteiger partial charge >= 0.3 is 12.0 Å². The summed E-state index contributed by atoms with van der Waals surface area (Å²) in [6, 6.07) is 5.25. The van der Waals surface area contributed by atoms with Crippen LogP contribution in [0.25, 0.3) is 0 Å². The van der Waals surface area contributed by atoms with E-state index >= 15 is 0 Å².